The molecule has 2 nitrogen and oxygen atoms in total. The first-order valence-electron chi connectivity index (χ1n) is 7.40. The van der Waals surface area contributed by atoms with Crippen LogP contribution >= 0.6 is 11.8 Å². The van der Waals surface area contributed by atoms with E-state index < -0.39 is 0 Å². The molecule has 1 aliphatic carbocycles. The number of benzene rings is 1. The Morgan fingerprint density at radius 2 is 1.89 bits per heavy atom. The SMILES string of the molecule is CN(Cc1ccc(CNC2CC2)cc1)C1CCSC1. The first-order chi connectivity index (χ1) is 9.31. The molecule has 104 valence electrons. The normalized spacial score (nSPS) is 23.2. The fourth-order valence-electron chi connectivity index (χ4n) is 2.60. The third-order valence-corrected chi connectivity index (χ3v) is 5.30. The summed E-state index contributed by atoms with van der Waals surface area (Å²) in [5.74, 6) is 2.64. The molecule has 1 aromatic rings. The lowest BCUT2D eigenvalue weighted by Crippen LogP contribution is -2.30. The lowest BCUT2D eigenvalue weighted by atomic mass is 10.1. The molecular formula is C16H24N2S. The maximum Gasteiger partial charge on any atom is 0.0233 e. The largest absolute Gasteiger partial charge is 0.310 e. The Morgan fingerprint density at radius 3 is 2.53 bits per heavy atom. The molecule has 0 bridgehead atoms. The van der Waals surface area contributed by atoms with Crippen molar-refractivity contribution in [2.45, 2.75) is 44.4 Å². The lowest BCUT2D eigenvalue weighted by molar-refractivity contribution is 0.254. The second-order valence-corrected chi connectivity index (χ2v) is 7.05. The van der Waals surface area contributed by atoms with Crippen molar-refractivity contribution in [3.63, 3.8) is 0 Å². The highest BCUT2D eigenvalue weighted by molar-refractivity contribution is 7.99. The highest BCUT2D eigenvalue weighted by Gasteiger charge is 2.20. The second kappa shape index (κ2) is 6.29. The van der Waals surface area contributed by atoms with Crippen molar-refractivity contribution in [3.8, 4) is 0 Å². The smallest absolute Gasteiger partial charge is 0.0233 e. The lowest BCUT2D eigenvalue weighted by Gasteiger charge is -2.23. The minimum atomic E-state index is 0.779. The van der Waals surface area contributed by atoms with Crippen molar-refractivity contribution in [3.05, 3.63) is 35.4 Å². The molecule has 1 heterocycles. The molecule has 3 heteroatoms. The van der Waals surface area contributed by atoms with Gasteiger partial charge in [0, 0.05) is 30.9 Å². The average Bonchev–Trinajstić information content (AvgIpc) is 3.09. The van der Waals surface area contributed by atoms with Gasteiger partial charge >= 0.3 is 0 Å². The Labute approximate surface area is 121 Å². The molecule has 0 amide bonds. The highest BCUT2D eigenvalue weighted by atomic mass is 32.2. The molecule has 0 spiro atoms. The van der Waals surface area contributed by atoms with Crippen molar-refractivity contribution in [2.75, 3.05) is 18.6 Å². The van der Waals surface area contributed by atoms with E-state index in [4.69, 9.17) is 0 Å². The van der Waals surface area contributed by atoms with Gasteiger partial charge in [0.25, 0.3) is 0 Å². The van der Waals surface area contributed by atoms with Crippen LogP contribution in [-0.2, 0) is 13.1 Å². The topological polar surface area (TPSA) is 15.3 Å². The van der Waals surface area contributed by atoms with E-state index in [0.717, 1.165) is 25.2 Å². The zero-order valence-electron chi connectivity index (χ0n) is 11.8. The summed E-state index contributed by atoms with van der Waals surface area (Å²) in [6.45, 7) is 2.11. The quantitative estimate of drug-likeness (QED) is 0.860. The molecule has 2 fully saturated rings. The Balaban J connectivity index is 1.49. The maximum atomic E-state index is 3.56. The van der Waals surface area contributed by atoms with Crippen LogP contribution in [-0.4, -0.2) is 35.5 Å². The molecule has 1 aromatic carbocycles. The van der Waals surface area contributed by atoms with Gasteiger partial charge in [-0.3, -0.25) is 4.90 Å². The molecule has 1 atom stereocenters. The number of hydrogen-bond donors (Lipinski definition) is 1. The van der Waals surface area contributed by atoms with Gasteiger partial charge in [-0.15, -0.1) is 0 Å². The summed E-state index contributed by atoms with van der Waals surface area (Å²) in [5, 5.41) is 3.56. The summed E-state index contributed by atoms with van der Waals surface area (Å²) in [5.41, 5.74) is 2.85. The predicted octanol–water partition coefficient (Wildman–Crippen LogP) is 2.88. The molecular weight excluding hydrogens is 252 g/mol. The molecule has 1 saturated carbocycles. The van der Waals surface area contributed by atoms with Gasteiger partial charge in [-0.05, 0) is 43.2 Å². The molecule has 0 aromatic heterocycles. The van der Waals surface area contributed by atoms with E-state index >= 15 is 0 Å². The first kappa shape index (κ1) is 13.5. The van der Waals surface area contributed by atoms with Crippen LogP contribution in [0.5, 0.6) is 0 Å². The van der Waals surface area contributed by atoms with E-state index in [2.05, 4.69) is 53.3 Å². The summed E-state index contributed by atoms with van der Waals surface area (Å²) >= 11 is 2.09. The summed E-state index contributed by atoms with van der Waals surface area (Å²) in [7, 11) is 2.26. The minimum Gasteiger partial charge on any atom is -0.310 e. The molecule has 1 N–H and O–H groups in total. The Bertz CT molecular complexity index is 394. The van der Waals surface area contributed by atoms with Crippen LogP contribution in [0, 0.1) is 0 Å². The number of nitrogens with zero attached hydrogens (tertiary/aromatic N) is 1. The molecule has 1 aliphatic heterocycles. The highest BCUT2D eigenvalue weighted by Crippen LogP contribution is 2.23. The first-order valence-corrected chi connectivity index (χ1v) is 8.56. The Morgan fingerprint density at radius 1 is 1.16 bits per heavy atom. The third kappa shape index (κ3) is 3.98. The second-order valence-electron chi connectivity index (χ2n) is 5.90. The van der Waals surface area contributed by atoms with Gasteiger partial charge in [0.1, 0.15) is 0 Å². The van der Waals surface area contributed by atoms with E-state index in [0.29, 0.717) is 0 Å². The maximum absolute atomic E-state index is 3.56. The van der Waals surface area contributed by atoms with Gasteiger partial charge in [0.2, 0.25) is 0 Å². The summed E-state index contributed by atoms with van der Waals surface area (Å²) in [6.07, 6.45) is 4.08. The molecule has 0 radical (unpaired) electrons. The van der Waals surface area contributed by atoms with Crippen LogP contribution in [0.3, 0.4) is 0 Å². The fourth-order valence-corrected chi connectivity index (χ4v) is 3.90. The van der Waals surface area contributed by atoms with Gasteiger partial charge < -0.3 is 5.32 Å². The van der Waals surface area contributed by atoms with Crippen LogP contribution in [0.4, 0.5) is 0 Å². The Hall–Kier alpha value is -0.510. The number of hydrogen-bond acceptors (Lipinski definition) is 3. The average molecular weight is 276 g/mol. The number of rotatable bonds is 6. The number of thioether (sulfide) groups is 1. The molecule has 3 rings (SSSR count). The predicted molar refractivity (Wildman–Crippen MR) is 83.5 cm³/mol. The molecule has 1 saturated heterocycles. The summed E-state index contributed by atoms with van der Waals surface area (Å²) in [4.78, 5) is 2.51. The van der Waals surface area contributed by atoms with Crippen LogP contribution in [0.2, 0.25) is 0 Å². The van der Waals surface area contributed by atoms with Crippen LogP contribution in [0.25, 0.3) is 0 Å². The minimum absolute atomic E-state index is 0.779. The van der Waals surface area contributed by atoms with Gasteiger partial charge in [-0.25, -0.2) is 0 Å². The van der Waals surface area contributed by atoms with Crippen LogP contribution in [0.1, 0.15) is 30.4 Å². The van der Waals surface area contributed by atoms with E-state index in [1.54, 1.807) is 0 Å². The van der Waals surface area contributed by atoms with E-state index in [9.17, 15) is 0 Å². The van der Waals surface area contributed by atoms with Crippen molar-refractivity contribution in [1.29, 1.82) is 0 Å². The van der Waals surface area contributed by atoms with E-state index in [-0.39, 0.29) is 0 Å². The van der Waals surface area contributed by atoms with Crippen LogP contribution < -0.4 is 5.32 Å². The zero-order chi connectivity index (χ0) is 13.1. The van der Waals surface area contributed by atoms with Gasteiger partial charge in [0.15, 0.2) is 0 Å². The Kier molecular flexibility index (Phi) is 4.46. The molecule has 1 unspecified atom stereocenters. The van der Waals surface area contributed by atoms with Gasteiger partial charge in [0.05, 0.1) is 0 Å². The van der Waals surface area contributed by atoms with E-state index in [1.165, 1.54) is 41.9 Å². The standard InChI is InChI=1S/C16H24N2S/c1-18(16-8-9-19-12-16)11-14-4-2-13(3-5-14)10-17-15-6-7-15/h2-5,15-17H,6-12H2,1H3. The van der Waals surface area contributed by atoms with Gasteiger partial charge in [-0.1, -0.05) is 24.3 Å². The molecule has 19 heavy (non-hydrogen) atoms. The van der Waals surface area contributed by atoms with Gasteiger partial charge in [-0.2, -0.15) is 11.8 Å². The van der Waals surface area contributed by atoms with E-state index in [1.807, 2.05) is 0 Å². The van der Waals surface area contributed by atoms with Crippen molar-refractivity contribution < 1.29 is 0 Å². The zero-order valence-corrected chi connectivity index (χ0v) is 12.6. The monoisotopic (exact) mass is 276 g/mol. The van der Waals surface area contributed by atoms with Crippen molar-refractivity contribution in [1.82, 2.24) is 10.2 Å². The fraction of sp³-hybridized carbons (Fsp3) is 0.625. The molecule has 2 aliphatic rings. The summed E-state index contributed by atoms with van der Waals surface area (Å²) in [6, 6.07) is 10.7. The third-order valence-electron chi connectivity index (χ3n) is 4.16. The van der Waals surface area contributed by atoms with Crippen molar-refractivity contribution >= 4 is 11.8 Å². The van der Waals surface area contributed by atoms with Crippen LogP contribution in [0.15, 0.2) is 24.3 Å². The summed E-state index contributed by atoms with van der Waals surface area (Å²) < 4.78 is 0. The number of nitrogens with one attached hydrogen (secondary N) is 1. The van der Waals surface area contributed by atoms with Crippen molar-refractivity contribution in [2.24, 2.45) is 0 Å².